The molecule has 0 aliphatic rings. The Morgan fingerprint density at radius 3 is 2.34 bits per heavy atom. The molecule has 0 saturated carbocycles. The van der Waals surface area contributed by atoms with E-state index >= 15 is 0 Å². The van der Waals surface area contributed by atoms with Crippen molar-refractivity contribution >= 4 is 18.1 Å². The highest BCUT2D eigenvalue weighted by molar-refractivity contribution is 5.78. The molecule has 0 fully saturated rings. The second-order valence-corrected chi connectivity index (χ2v) is 7.56. The van der Waals surface area contributed by atoms with Gasteiger partial charge in [0.15, 0.2) is 0 Å². The van der Waals surface area contributed by atoms with Crippen LogP contribution >= 0.6 is 0 Å². The zero-order chi connectivity index (χ0) is 23.3. The molecule has 3 aromatic carbocycles. The van der Waals surface area contributed by atoms with Crippen molar-refractivity contribution in [3.05, 3.63) is 94.5 Å². The molecule has 0 aliphatic carbocycles. The first-order valence-electron chi connectivity index (χ1n) is 10.2. The maximum Gasteiger partial charge on any atom is 0.416 e. The van der Waals surface area contributed by atoms with Crippen LogP contribution in [0.25, 0.3) is 23.3 Å². The van der Waals surface area contributed by atoms with Crippen LogP contribution in [0.3, 0.4) is 0 Å². The number of carboxylic acid groups (broad SMARTS) is 1. The van der Waals surface area contributed by atoms with Crippen molar-refractivity contribution in [3.8, 4) is 11.1 Å². The quantitative estimate of drug-likeness (QED) is 0.409. The average molecular weight is 439 g/mol. The molecule has 0 heterocycles. The molecule has 3 rings (SSSR count). The van der Waals surface area contributed by atoms with Gasteiger partial charge in [-0.2, -0.15) is 13.2 Å². The number of benzene rings is 3. The SMILES string of the molecule is Cc1c(/C=C/c2cc(C(C)NCC(=O)O)ccc2C(F)(F)F)cccc1-c1ccccc1. The van der Waals surface area contributed by atoms with E-state index in [1.165, 1.54) is 18.2 Å². The highest BCUT2D eigenvalue weighted by Gasteiger charge is 2.33. The Bertz CT molecular complexity index is 1120. The predicted octanol–water partition coefficient (Wildman–Crippen LogP) is 6.59. The third kappa shape index (κ3) is 5.65. The van der Waals surface area contributed by atoms with E-state index in [-0.39, 0.29) is 12.1 Å². The summed E-state index contributed by atoms with van der Waals surface area (Å²) in [5.74, 6) is -1.03. The standard InChI is InChI=1S/C26H24F3NO2/c1-17-19(9-6-10-23(17)20-7-4-3-5-8-20)11-12-22-15-21(18(2)30-16-25(31)32)13-14-24(22)26(27,28)29/h3-15,18,30H,16H2,1-2H3,(H,31,32)/b12-11+. The Hall–Kier alpha value is -3.38. The number of carbonyl (C=O) groups is 1. The van der Waals surface area contributed by atoms with Gasteiger partial charge in [0.05, 0.1) is 12.1 Å². The van der Waals surface area contributed by atoms with Gasteiger partial charge in [0.1, 0.15) is 0 Å². The molecule has 0 bridgehead atoms. The Labute approximate surface area is 185 Å². The Morgan fingerprint density at radius 2 is 1.69 bits per heavy atom. The van der Waals surface area contributed by atoms with Gasteiger partial charge in [0, 0.05) is 6.04 Å². The van der Waals surface area contributed by atoms with E-state index in [2.05, 4.69) is 5.32 Å². The van der Waals surface area contributed by atoms with Crippen LogP contribution in [0.1, 0.15) is 40.8 Å². The van der Waals surface area contributed by atoms with Gasteiger partial charge in [-0.25, -0.2) is 0 Å². The summed E-state index contributed by atoms with van der Waals surface area (Å²) in [5, 5.41) is 11.6. The molecule has 0 spiro atoms. The van der Waals surface area contributed by atoms with E-state index in [1.807, 2.05) is 55.5 Å². The Kier molecular flexibility index (Phi) is 7.15. The van der Waals surface area contributed by atoms with Gasteiger partial charge in [0.25, 0.3) is 0 Å². The molecule has 3 nitrogen and oxygen atoms in total. The molecule has 166 valence electrons. The normalized spacial score (nSPS) is 12.8. The van der Waals surface area contributed by atoms with Crippen LogP contribution in [0.15, 0.2) is 66.7 Å². The summed E-state index contributed by atoms with van der Waals surface area (Å²) in [6, 6.07) is 19.0. The molecule has 3 aromatic rings. The molecular weight excluding hydrogens is 415 g/mol. The van der Waals surface area contributed by atoms with E-state index < -0.39 is 23.8 Å². The molecule has 6 heteroatoms. The van der Waals surface area contributed by atoms with Crippen molar-refractivity contribution in [1.82, 2.24) is 5.32 Å². The molecule has 0 saturated heterocycles. The number of nitrogens with one attached hydrogen (secondary N) is 1. The molecule has 0 aromatic heterocycles. The van der Waals surface area contributed by atoms with Crippen LogP contribution in [-0.2, 0) is 11.0 Å². The Morgan fingerprint density at radius 1 is 1.00 bits per heavy atom. The lowest BCUT2D eigenvalue weighted by Gasteiger charge is -2.17. The molecule has 0 amide bonds. The van der Waals surface area contributed by atoms with Crippen LogP contribution in [0.5, 0.6) is 0 Å². The van der Waals surface area contributed by atoms with Crippen LogP contribution in [0.2, 0.25) is 0 Å². The summed E-state index contributed by atoms with van der Waals surface area (Å²) in [4.78, 5) is 10.8. The van der Waals surface area contributed by atoms with Gasteiger partial charge in [-0.15, -0.1) is 0 Å². The number of carboxylic acids is 1. The van der Waals surface area contributed by atoms with Crippen molar-refractivity contribution in [2.75, 3.05) is 6.54 Å². The van der Waals surface area contributed by atoms with E-state index in [9.17, 15) is 18.0 Å². The highest BCUT2D eigenvalue weighted by atomic mass is 19.4. The van der Waals surface area contributed by atoms with Gasteiger partial charge in [0.2, 0.25) is 0 Å². The van der Waals surface area contributed by atoms with Crippen LogP contribution < -0.4 is 5.32 Å². The first-order chi connectivity index (χ1) is 15.2. The molecule has 0 radical (unpaired) electrons. The third-order valence-electron chi connectivity index (χ3n) is 5.34. The minimum Gasteiger partial charge on any atom is -0.480 e. The van der Waals surface area contributed by atoms with Crippen molar-refractivity contribution < 1.29 is 23.1 Å². The largest absolute Gasteiger partial charge is 0.480 e. The molecular formula is C26H24F3NO2. The fraction of sp³-hybridized carbons (Fsp3) is 0.192. The zero-order valence-electron chi connectivity index (χ0n) is 17.8. The first kappa shape index (κ1) is 23.3. The van der Waals surface area contributed by atoms with Crippen molar-refractivity contribution in [3.63, 3.8) is 0 Å². The van der Waals surface area contributed by atoms with Crippen molar-refractivity contribution in [1.29, 1.82) is 0 Å². The monoisotopic (exact) mass is 439 g/mol. The van der Waals surface area contributed by atoms with E-state index in [4.69, 9.17) is 5.11 Å². The summed E-state index contributed by atoms with van der Waals surface area (Å²) in [5.41, 5.74) is 3.72. The first-order valence-corrected chi connectivity index (χ1v) is 10.2. The maximum absolute atomic E-state index is 13.6. The molecule has 0 aliphatic heterocycles. The van der Waals surface area contributed by atoms with Crippen molar-refractivity contribution in [2.24, 2.45) is 0 Å². The minimum absolute atomic E-state index is 0.0310. The summed E-state index contributed by atoms with van der Waals surface area (Å²) >= 11 is 0. The second kappa shape index (κ2) is 9.83. The van der Waals surface area contributed by atoms with Gasteiger partial charge >= 0.3 is 12.1 Å². The fourth-order valence-corrected chi connectivity index (χ4v) is 3.55. The number of alkyl halides is 3. The van der Waals surface area contributed by atoms with Gasteiger partial charge < -0.3 is 10.4 Å². The Balaban J connectivity index is 1.98. The van der Waals surface area contributed by atoms with Gasteiger partial charge in [-0.05, 0) is 59.4 Å². The lowest BCUT2D eigenvalue weighted by atomic mass is 9.95. The number of rotatable bonds is 7. The molecule has 1 atom stereocenters. The molecule has 1 unspecified atom stereocenters. The number of hydrogen-bond acceptors (Lipinski definition) is 2. The number of hydrogen-bond donors (Lipinski definition) is 2. The maximum atomic E-state index is 13.6. The fourth-order valence-electron chi connectivity index (χ4n) is 3.55. The van der Waals surface area contributed by atoms with Crippen LogP contribution in [0, 0.1) is 6.92 Å². The topological polar surface area (TPSA) is 49.3 Å². The van der Waals surface area contributed by atoms with E-state index in [0.717, 1.165) is 28.3 Å². The number of halogens is 3. The lowest BCUT2D eigenvalue weighted by molar-refractivity contribution is -0.138. The van der Waals surface area contributed by atoms with Crippen LogP contribution in [0.4, 0.5) is 13.2 Å². The highest BCUT2D eigenvalue weighted by Crippen LogP contribution is 2.35. The predicted molar refractivity (Wildman–Crippen MR) is 121 cm³/mol. The number of aliphatic carboxylic acids is 1. The van der Waals surface area contributed by atoms with Crippen LogP contribution in [-0.4, -0.2) is 17.6 Å². The molecule has 2 N–H and O–H groups in total. The average Bonchev–Trinajstić information content (AvgIpc) is 2.76. The summed E-state index contributed by atoms with van der Waals surface area (Å²) in [6.45, 7) is 3.38. The summed E-state index contributed by atoms with van der Waals surface area (Å²) in [6.07, 6.45) is -1.35. The minimum atomic E-state index is -4.50. The lowest BCUT2D eigenvalue weighted by Crippen LogP contribution is -2.25. The van der Waals surface area contributed by atoms with E-state index in [1.54, 1.807) is 13.0 Å². The second-order valence-electron chi connectivity index (χ2n) is 7.56. The summed E-state index contributed by atoms with van der Waals surface area (Å²) in [7, 11) is 0. The third-order valence-corrected chi connectivity index (χ3v) is 5.34. The smallest absolute Gasteiger partial charge is 0.416 e. The zero-order valence-corrected chi connectivity index (χ0v) is 17.8. The molecule has 32 heavy (non-hydrogen) atoms. The van der Waals surface area contributed by atoms with Gasteiger partial charge in [-0.3, -0.25) is 4.79 Å². The summed E-state index contributed by atoms with van der Waals surface area (Å²) < 4.78 is 40.8. The van der Waals surface area contributed by atoms with Crippen molar-refractivity contribution in [2.45, 2.75) is 26.1 Å². The van der Waals surface area contributed by atoms with Gasteiger partial charge in [-0.1, -0.05) is 66.7 Å². The van der Waals surface area contributed by atoms with E-state index in [0.29, 0.717) is 5.56 Å².